The Morgan fingerprint density at radius 1 is 0.812 bits per heavy atom. The van der Waals surface area contributed by atoms with Crippen LogP contribution in [0, 0.1) is 11.3 Å². The molecule has 0 nitrogen and oxygen atoms in total. The molecule has 2 rings (SSSR count). The summed E-state index contributed by atoms with van der Waals surface area (Å²) in [7, 11) is 0. The van der Waals surface area contributed by atoms with Gasteiger partial charge in [-0.15, -0.1) is 0 Å². The molecule has 0 unspecified atom stereocenters. The zero-order valence-electron chi connectivity index (χ0n) is 11.5. The Morgan fingerprint density at radius 2 is 1.19 bits per heavy atom. The van der Waals surface area contributed by atoms with Gasteiger partial charge in [-0.1, -0.05) is 72.1 Å². The van der Waals surface area contributed by atoms with Gasteiger partial charge in [0.05, 0.1) is 0 Å². The van der Waals surface area contributed by atoms with Crippen molar-refractivity contribution >= 4 is 0 Å². The molecule has 0 radical (unpaired) electrons. The number of hydrogen-bond acceptors (Lipinski definition) is 0. The second kappa shape index (κ2) is 8.59. The van der Waals surface area contributed by atoms with Gasteiger partial charge < -0.3 is 0 Å². The minimum atomic E-state index is 0. The van der Waals surface area contributed by atoms with Crippen LogP contribution in [0.3, 0.4) is 0 Å². The monoisotopic (exact) mass is 266 g/mol. The standard InChI is InChI=1S/C10H20.C5H10.Fe/c1-4-10(2,3)9-7-5-6-8-9;1-2-4-5-3-1;/h9H,4-8H2,1-3H3;1-5H2;. The van der Waals surface area contributed by atoms with Crippen LogP contribution in [0.5, 0.6) is 0 Å². The third-order valence-electron chi connectivity index (χ3n) is 4.62. The third-order valence-corrected chi connectivity index (χ3v) is 4.62. The van der Waals surface area contributed by atoms with Gasteiger partial charge in [0, 0.05) is 17.1 Å². The SMILES string of the molecule is C1CCCC1.CCC(C)(C)C1CCCC1.[Fe]. The summed E-state index contributed by atoms with van der Waals surface area (Å²) >= 11 is 0. The molecule has 0 saturated heterocycles. The van der Waals surface area contributed by atoms with Crippen LogP contribution in [0.15, 0.2) is 0 Å². The summed E-state index contributed by atoms with van der Waals surface area (Å²) in [5.74, 6) is 1.03. The first-order valence-corrected chi connectivity index (χ1v) is 7.17. The van der Waals surface area contributed by atoms with Crippen molar-refractivity contribution in [2.75, 3.05) is 0 Å². The topological polar surface area (TPSA) is 0 Å². The van der Waals surface area contributed by atoms with Crippen LogP contribution in [-0.4, -0.2) is 0 Å². The van der Waals surface area contributed by atoms with E-state index in [1.807, 2.05) is 0 Å². The molecule has 0 bridgehead atoms. The van der Waals surface area contributed by atoms with E-state index in [2.05, 4.69) is 20.8 Å². The summed E-state index contributed by atoms with van der Waals surface area (Å²) in [6, 6.07) is 0. The van der Waals surface area contributed by atoms with E-state index in [1.54, 1.807) is 0 Å². The smallest absolute Gasteiger partial charge is 0 e. The molecule has 0 aromatic rings. The van der Waals surface area contributed by atoms with E-state index in [1.165, 1.54) is 64.2 Å². The van der Waals surface area contributed by atoms with Crippen LogP contribution < -0.4 is 0 Å². The first-order valence-electron chi connectivity index (χ1n) is 7.17. The fourth-order valence-corrected chi connectivity index (χ4v) is 2.88. The predicted molar refractivity (Wildman–Crippen MR) is 69.1 cm³/mol. The van der Waals surface area contributed by atoms with Gasteiger partial charge in [0.2, 0.25) is 0 Å². The molecule has 2 aliphatic rings. The second-order valence-electron chi connectivity index (χ2n) is 6.09. The minimum Gasteiger partial charge on any atom is -0.0649 e. The molecule has 0 N–H and O–H groups in total. The minimum absolute atomic E-state index is 0. The summed E-state index contributed by atoms with van der Waals surface area (Å²) in [6.45, 7) is 7.16. The Balaban J connectivity index is 0.000000318. The molecule has 0 aromatic carbocycles. The molecule has 0 aromatic heterocycles. The zero-order valence-corrected chi connectivity index (χ0v) is 12.6. The van der Waals surface area contributed by atoms with Crippen molar-refractivity contribution in [1.29, 1.82) is 0 Å². The van der Waals surface area contributed by atoms with Crippen LogP contribution in [0.4, 0.5) is 0 Å². The van der Waals surface area contributed by atoms with Crippen LogP contribution in [0.25, 0.3) is 0 Å². The van der Waals surface area contributed by atoms with E-state index in [9.17, 15) is 0 Å². The van der Waals surface area contributed by atoms with Gasteiger partial charge >= 0.3 is 0 Å². The normalized spacial score (nSPS) is 21.2. The van der Waals surface area contributed by atoms with Crippen LogP contribution in [-0.2, 0) is 17.1 Å². The van der Waals surface area contributed by atoms with Crippen molar-refractivity contribution in [2.24, 2.45) is 11.3 Å². The fourth-order valence-electron chi connectivity index (χ4n) is 2.88. The molecule has 0 atom stereocenters. The average Bonchev–Trinajstić information content (AvgIpc) is 2.93. The van der Waals surface area contributed by atoms with Gasteiger partial charge in [-0.2, -0.15) is 0 Å². The Morgan fingerprint density at radius 3 is 1.50 bits per heavy atom. The van der Waals surface area contributed by atoms with Crippen LogP contribution in [0.2, 0.25) is 0 Å². The Hall–Kier alpha value is 0.519. The fraction of sp³-hybridized carbons (Fsp3) is 1.00. The van der Waals surface area contributed by atoms with Crippen LogP contribution in [0.1, 0.15) is 85.0 Å². The van der Waals surface area contributed by atoms with Gasteiger partial charge in [0.15, 0.2) is 0 Å². The second-order valence-corrected chi connectivity index (χ2v) is 6.09. The van der Waals surface area contributed by atoms with E-state index >= 15 is 0 Å². The molecule has 98 valence electrons. The first-order chi connectivity index (χ1) is 7.17. The van der Waals surface area contributed by atoms with Gasteiger partial charge in [-0.05, 0) is 24.2 Å². The van der Waals surface area contributed by atoms with Crippen molar-refractivity contribution in [3.63, 3.8) is 0 Å². The summed E-state index contributed by atoms with van der Waals surface area (Å²) in [5.41, 5.74) is 0.622. The molecule has 0 heterocycles. The maximum Gasteiger partial charge on any atom is 0 e. The first kappa shape index (κ1) is 16.5. The van der Waals surface area contributed by atoms with Gasteiger partial charge in [-0.25, -0.2) is 0 Å². The molecule has 1 heteroatoms. The van der Waals surface area contributed by atoms with Gasteiger partial charge in [0.1, 0.15) is 0 Å². The number of hydrogen-bond donors (Lipinski definition) is 0. The molecule has 2 saturated carbocycles. The van der Waals surface area contributed by atoms with E-state index < -0.39 is 0 Å². The molecular weight excluding hydrogens is 236 g/mol. The van der Waals surface area contributed by atoms with E-state index in [0.29, 0.717) is 5.41 Å². The predicted octanol–water partition coefficient (Wildman–Crippen LogP) is 5.56. The Labute approximate surface area is 113 Å². The summed E-state index contributed by atoms with van der Waals surface area (Å²) in [4.78, 5) is 0. The summed E-state index contributed by atoms with van der Waals surface area (Å²) in [5, 5.41) is 0. The van der Waals surface area contributed by atoms with E-state index in [0.717, 1.165) is 5.92 Å². The Kier molecular flexibility index (Phi) is 8.87. The molecule has 2 fully saturated rings. The molecule has 16 heavy (non-hydrogen) atoms. The van der Waals surface area contributed by atoms with Crippen molar-refractivity contribution in [1.82, 2.24) is 0 Å². The maximum absolute atomic E-state index is 2.42. The van der Waals surface area contributed by atoms with E-state index in [-0.39, 0.29) is 17.1 Å². The van der Waals surface area contributed by atoms with Crippen molar-refractivity contribution in [3.05, 3.63) is 0 Å². The largest absolute Gasteiger partial charge is 0.0649 e. The van der Waals surface area contributed by atoms with Gasteiger partial charge in [0.25, 0.3) is 0 Å². The molecular formula is C15H30Fe. The van der Waals surface area contributed by atoms with Gasteiger partial charge in [-0.3, -0.25) is 0 Å². The average molecular weight is 266 g/mol. The molecule has 0 spiro atoms. The number of rotatable bonds is 2. The maximum atomic E-state index is 2.42. The third kappa shape index (κ3) is 5.73. The van der Waals surface area contributed by atoms with Crippen molar-refractivity contribution < 1.29 is 17.1 Å². The van der Waals surface area contributed by atoms with Crippen molar-refractivity contribution in [3.8, 4) is 0 Å². The quantitative estimate of drug-likeness (QED) is 0.574. The summed E-state index contributed by atoms with van der Waals surface area (Å²) in [6.07, 6.45) is 14.8. The zero-order chi connectivity index (χ0) is 11.1. The van der Waals surface area contributed by atoms with Crippen molar-refractivity contribution in [2.45, 2.75) is 85.0 Å². The Bertz CT molecular complexity index is 145. The van der Waals surface area contributed by atoms with Crippen LogP contribution >= 0.6 is 0 Å². The molecule has 2 aliphatic carbocycles. The summed E-state index contributed by atoms with van der Waals surface area (Å²) < 4.78 is 0. The molecule has 0 amide bonds. The van der Waals surface area contributed by atoms with E-state index in [4.69, 9.17) is 0 Å². The molecule has 0 aliphatic heterocycles.